The third-order valence-corrected chi connectivity index (χ3v) is 6.01. The van der Waals surface area contributed by atoms with Gasteiger partial charge in [0.25, 0.3) is 0 Å². The van der Waals surface area contributed by atoms with Gasteiger partial charge in [0.1, 0.15) is 9.20 Å². The van der Waals surface area contributed by atoms with Crippen LogP contribution in [-0.4, -0.2) is 18.4 Å². The van der Waals surface area contributed by atoms with Crippen LogP contribution in [0.25, 0.3) is 0 Å². The van der Waals surface area contributed by atoms with E-state index in [4.69, 9.17) is 18.0 Å². The molecule has 96 valence electrons. The predicted molar refractivity (Wildman–Crippen MR) is 76.3 cm³/mol. The monoisotopic (exact) mass is 319 g/mol. The summed E-state index contributed by atoms with van der Waals surface area (Å²) in [6, 6.07) is 3.09. The van der Waals surface area contributed by atoms with Crippen molar-refractivity contribution in [3.63, 3.8) is 0 Å². The average molecular weight is 319 g/mol. The van der Waals surface area contributed by atoms with E-state index in [1.54, 1.807) is 17.0 Å². The average Bonchev–Trinajstić information content (AvgIpc) is 2.98. The first kappa shape index (κ1) is 13.6. The van der Waals surface area contributed by atoms with Crippen molar-refractivity contribution in [1.29, 1.82) is 0 Å². The summed E-state index contributed by atoms with van der Waals surface area (Å²) in [5.41, 5.74) is 7.78. The van der Waals surface area contributed by atoms with Crippen LogP contribution in [0.3, 0.4) is 0 Å². The molecule has 0 bridgehead atoms. The second-order valence-electron chi connectivity index (χ2n) is 3.29. The van der Waals surface area contributed by atoms with E-state index in [1.165, 1.54) is 17.4 Å². The number of thiazole rings is 1. The maximum absolute atomic E-state index is 12.0. The van der Waals surface area contributed by atoms with E-state index in [2.05, 4.69) is 9.71 Å². The smallest absolute Gasteiger partial charge is 0.250 e. The van der Waals surface area contributed by atoms with E-state index in [-0.39, 0.29) is 15.7 Å². The van der Waals surface area contributed by atoms with Crippen LogP contribution >= 0.6 is 34.9 Å². The van der Waals surface area contributed by atoms with E-state index >= 15 is 0 Å². The fraction of sp³-hybridized carbons (Fsp3) is 0.111. The minimum atomic E-state index is -3.53. The van der Waals surface area contributed by atoms with Crippen LogP contribution < -0.4 is 10.5 Å². The Morgan fingerprint density at radius 2 is 2.28 bits per heavy atom. The number of hydrogen-bond donors (Lipinski definition) is 2. The molecule has 0 unspecified atom stereocenters. The van der Waals surface area contributed by atoms with Crippen molar-refractivity contribution >= 4 is 49.9 Å². The van der Waals surface area contributed by atoms with E-state index in [0.717, 1.165) is 11.3 Å². The fourth-order valence-corrected chi connectivity index (χ4v) is 4.12. The second-order valence-corrected chi connectivity index (χ2v) is 7.52. The molecule has 0 fully saturated rings. The van der Waals surface area contributed by atoms with Gasteiger partial charge in [-0.3, -0.25) is 0 Å². The fourth-order valence-electron chi connectivity index (χ4n) is 1.16. The third-order valence-electron chi connectivity index (χ3n) is 2.02. The first-order valence-electron chi connectivity index (χ1n) is 4.75. The minimum Gasteiger partial charge on any atom is -0.389 e. The summed E-state index contributed by atoms with van der Waals surface area (Å²) in [7, 11) is -3.53. The topological polar surface area (TPSA) is 85.1 Å². The zero-order valence-corrected chi connectivity index (χ0v) is 12.3. The molecule has 0 saturated carbocycles. The molecule has 9 heteroatoms. The molecule has 0 aliphatic heterocycles. The highest BCUT2D eigenvalue weighted by Crippen LogP contribution is 2.21. The molecule has 5 nitrogen and oxygen atoms in total. The summed E-state index contributed by atoms with van der Waals surface area (Å²) < 4.78 is 26.6. The second kappa shape index (κ2) is 5.41. The SMILES string of the molecule is NC(=S)c1ccc(S(=O)(=O)NCc2cscn2)s1. The maximum atomic E-state index is 12.0. The lowest BCUT2D eigenvalue weighted by atomic mass is 10.5. The zero-order valence-electron chi connectivity index (χ0n) is 8.99. The Morgan fingerprint density at radius 1 is 1.50 bits per heavy atom. The molecule has 0 aromatic carbocycles. The molecule has 0 aliphatic carbocycles. The van der Waals surface area contributed by atoms with Crippen LogP contribution in [0.4, 0.5) is 0 Å². The summed E-state index contributed by atoms with van der Waals surface area (Å²) >= 11 is 7.26. The number of rotatable bonds is 5. The van der Waals surface area contributed by atoms with Gasteiger partial charge >= 0.3 is 0 Å². The van der Waals surface area contributed by atoms with Crippen molar-refractivity contribution in [2.75, 3.05) is 0 Å². The molecular formula is C9H9N3O2S4. The number of aromatic nitrogens is 1. The Hall–Kier alpha value is -0.870. The Balaban J connectivity index is 2.12. The Bertz CT molecular complexity index is 645. The molecule has 0 spiro atoms. The highest BCUT2D eigenvalue weighted by molar-refractivity contribution is 7.91. The van der Waals surface area contributed by atoms with Gasteiger partial charge in [0, 0.05) is 5.38 Å². The van der Waals surface area contributed by atoms with Gasteiger partial charge in [0.05, 0.1) is 22.6 Å². The summed E-state index contributed by atoms with van der Waals surface area (Å²) in [5, 5.41) is 1.79. The zero-order chi connectivity index (χ0) is 13.2. The number of thiocarbonyl (C=S) groups is 1. The van der Waals surface area contributed by atoms with Crippen molar-refractivity contribution in [2.45, 2.75) is 10.8 Å². The quantitative estimate of drug-likeness (QED) is 0.812. The van der Waals surface area contributed by atoms with E-state index in [0.29, 0.717) is 10.6 Å². The van der Waals surface area contributed by atoms with Crippen molar-refractivity contribution < 1.29 is 8.42 Å². The highest BCUT2D eigenvalue weighted by Gasteiger charge is 2.17. The third kappa shape index (κ3) is 3.12. The number of nitrogens with zero attached hydrogens (tertiary/aromatic N) is 1. The van der Waals surface area contributed by atoms with Crippen molar-refractivity contribution in [3.8, 4) is 0 Å². The lowest BCUT2D eigenvalue weighted by Crippen LogP contribution is -2.22. The van der Waals surface area contributed by atoms with E-state index in [9.17, 15) is 8.42 Å². The molecule has 2 heterocycles. The number of nitrogens with two attached hydrogens (primary N) is 1. The van der Waals surface area contributed by atoms with Crippen LogP contribution in [-0.2, 0) is 16.6 Å². The molecule has 3 N–H and O–H groups in total. The Kier molecular flexibility index (Phi) is 4.07. The molecular weight excluding hydrogens is 310 g/mol. The highest BCUT2D eigenvalue weighted by atomic mass is 32.2. The molecule has 0 atom stereocenters. The largest absolute Gasteiger partial charge is 0.389 e. The molecule has 2 aromatic rings. The number of nitrogens with one attached hydrogen (secondary N) is 1. The predicted octanol–water partition coefficient (Wildman–Crippen LogP) is 1.32. The van der Waals surface area contributed by atoms with Gasteiger partial charge in [-0.25, -0.2) is 18.1 Å². The van der Waals surface area contributed by atoms with Gasteiger partial charge in [-0.1, -0.05) is 12.2 Å². The summed E-state index contributed by atoms with van der Waals surface area (Å²) in [6.45, 7) is 0.173. The molecule has 0 amide bonds. The first-order chi connectivity index (χ1) is 8.49. The molecule has 0 aliphatic rings. The van der Waals surface area contributed by atoms with Crippen molar-refractivity contribution in [3.05, 3.63) is 33.6 Å². The maximum Gasteiger partial charge on any atom is 0.250 e. The molecule has 0 saturated heterocycles. The standard InChI is InChI=1S/C9H9N3O2S4/c10-9(15)7-1-2-8(17-7)18(13,14)12-3-6-4-16-5-11-6/h1-2,4-5,12H,3H2,(H2,10,15). The van der Waals surface area contributed by atoms with Gasteiger partial charge in [-0.2, -0.15) is 0 Å². The van der Waals surface area contributed by atoms with Gasteiger partial charge in [-0.05, 0) is 12.1 Å². The summed E-state index contributed by atoms with van der Waals surface area (Å²) in [4.78, 5) is 4.78. The van der Waals surface area contributed by atoms with Crippen LogP contribution in [0, 0.1) is 0 Å². The Labute approximate surface area is 118 Å². The normalized spacial score (nSPS) is 11.6. The van der Waals surface area contributed by atoms with Crippen LogP contribution in [0.1, 0.15) is 10.6 Å². The summed E-state index contributed by atoms with van der Waals surface area (Å²) in [6.07, 6.45) is 0. The van der Waals surface area contributed by atoms with Crippen molar-refractivity contribution in [1.82, 2.24) is 9.71 Å². The van der Waals surface area contributed by atoms with Gasteiger partial charge < -0.3 is 5.73 Å². The lowest BCUT2D eigenvalue weighted by Gasteiger charge is -2.02. The first-order valence-corrected chi connectivity index (χ1v) is 8.40. The number of hydrogen-bond acceptors (Lipinski definition) is 6. The van der Waals surface area contributed by atoms with Gasteiger partial charge in [-0.15, -0.1) is 22.7 Å². The number of thiophene rings is 1. The molecule has 2 aromatic heterocycles. The molecule has 18 heavy (non-hydrogen) atoms. The van der Waals surface area contributed by atoms with E-state index < -0.39 is 10.0 Å². The van der Waals surface area contributed by atoms with Crippen LogP contribution in [0.5, 0.6) is 0 Å². The van der Waals surface area contributed by atoms with Gasteiger partial charge in [0.2, 0.25) is 10.0 Å². The Morgan fingerprint density at radius 3 is 2.83 bits per heavy atom. The van der Waals surface area contributed by atoms with Gasteiger partial charge in [0.15, 0.2) is 0 Å². The number of sulfonamides is 1. The van der Waals surface area contributed by atoms with Crippen LogP contribution in [0.15, 0.2) is 27.2 Å². The van der Waals surface area contributed by atoms with E-state index in [1.807, 2.05) is 0 Å². The van der Waals surface area contributed by atoms with Crippen LogP contribution in [0.2, 0.25) is 0 Å². The minimum absolute atomic E-state index is 0.173. The van der Waals surface area contributed by atoms with Crippen molar-refractivity contribution in [2.24, 2.45) is 5.73 Å². The summed E-state index contributed by atoms with van der Waals surface area (Å²) in [5.74, 6) is 0. The molecule has 0 radical (unpaired) electrons. The lowest BCUT2D eigenvalue weighted by molar-refractivity contribution is 0.583. The molecule has 2 rings (SSSR count).